The molecule has 7 nitrogen and oxygen atoms in total. The van der Waals surface area contributed by atoms with E-state index in [0.29, 0.717) is 6.54 Å². The van der Waals surface area contributed by atoms with Crippen molar-refractivity contribution in [2.24, 2.45) is 0 Å². The fraction of sp³-hybridized carbons (Fsp3) is 0.818. The summed E-state index contributed by atoms with van der Waals surface area (Å²) in [5.41, 5.74) is -1.40. The highest BCUT2D eigenvalue weighted by atomic mass is 16.5. The first-order chi connectivity index (χ1) is 8.17. The summed E-state index contributed by atoms with van der Waals surface area (Å²) in [4.78, 5) is 23.5. The van der Waals surface area contributed by atoms with Crippen molar-refractivity contribution in [2.45, 2.75) is 39.0 Å². The number of likely N-dealkylation sites (tertiary alicyclic amines) is 1. The number of ether oxygens (including phenoxy) is 1. The summed E-state index contributed by atoms with van der Waals surface area (Å²) in [6, 6.07) is -0.355. The lowest BCUT2D eigenvalue weighted by molar-refractivity contribution is -0.200. The van der Waals surface area contributed by atoms with Crippen molar-refractivity contribution in [1.82, 2.24) is 15.5 Å². The molecule has 0 aliphatic carbocycles. The lowest BCUT2D eigenvalue weighted by Crippen LogP contribution is -2.74. The van der Waals surface area contributed by atoms with Crippen molar-refractivity contribution in [3.8, 4) is 0 Å². The molecule has 0 bridgehead atoms. The molecule has 1 aliphatic heterocycles. The van der Waals surface area contributed by atoms with Crippen molar-refractivity contribution in [3.63, 3.8) is 0 Å². The van der Waals surface area contributed by atoms with Crippen molar-refractivity contribution in [3.05, 3.63) is 0 Å². The van der Waals surface area contributed by atoms with Crippen molar-refractivity contribution in [2.75, 3.05) is 19.6 Å². The number of amides is 3. The summed E-state index contributed by atoms with van der Waals surface area (Å²) in [7, 11) is 0. The molecular weight excluding hydrogens is 238 g/mol. The molecule has 1 saturated heterocycles. The van der Waals surface area contributed by atoms with Crippen molar-refractivity contribution in [1.29, 1.82) is 0 Å². The third-order valence-electron chi connectivity index (χ3n) is 2.34. The lowest BCUT2D eigenvalue weighted by atomic mass is 10.0. The molecule has 7 heteroatoms. The first-order valence-corrected chi connectivity index (χ1v) is 5.91. The normalized spacial score (nSPS) is 17.9. The number of hydrogen-bond acceptors (Lipinski definition) is 3. The molecule has 0 aromatic heterocycles. The van der Waals surface area contributed by atoms with E-state index >= 15 is 0 Å². The average Bonchev–Trinajstić information content (AvgIpc) is 2.10. The van der Waals surface area contributed by atoms with Crippen LogP contribution in [0.1, 0.15) is 27.7 Å². The molecule has 0 radical (unpaired) electrons. The van der Waals surface area contributed by atoms with Gasteiger partial charge < -0.3 is 20.5 Å². The van der Waals surface area contributed by atoms with Crippen LogP contribution in [0.25, 0.3) is 0 Å². The number of urea groups is 1. The Kier molecular flexibility index (Phi) is 4.05. The minimum Gasteiger partial charge on any atom is -0.465 e. The SMILES string of the molecule is CCNC(=O)NC1(OC(C)(C)C)CN(C(=O)O)C1. The van der Waals surface area contributed by atoms with Crippen LogP contribution in [0.3, 0.4) is 0 Å². The van der Waals surface area contributed by atoms with Gasteiger partial charge in [-0.15, -0.1) is 0 Å². The molecule has 0 atom stereocenters. The van der Waals surface area contributed by atoms with E-state index in [-0.39, 0.29) is 19.1 Å². The predicted molar refractivity (Wildman–Crippen MR) is 65.4 cm³/mol. The van der Waals surface area contributed by atoms with Crippen LogP contribution in [0, 0.1) is 0 Å². The summed E-state index contributed by atoms with van der Waals surface area (Å²) in [5, 5.41) is 14.1. The molecule has 3 amide bonds. The summed E-state index contributed by atoms with van der Waals surface area (Å²) < 4.78 is 5.78. The topological polar surface area (TPSA) is 90.9 Å². The van der Waals surface area contributed by atoms with Crippen LogP contribution in [0.2, 0.25) is 0 Å². The fourth-order valence-electron chi connectivity index (χ4n) is 1.87. The Morgan fingerprint density at radius 3 is 2.33 bits per heavy atom. The summed E-state index contributed by atoms with van der Waals surface area (Å²) >= 11 is 0. The summed E-state index contributed by atoms with van der Waals surface area (Å²) in [6.45, 7) is 8.15. The number of hydrogen-bond donors (Lipinski definition) is 3. The van der Waals surface area contributed by atoms with Gasteiger partial charge in [0.15, 0.2) is 5.72 Å². The van der Waals surface area contributed by atoms with Gasteiger partial charge in [-0.05, 0) is 27.7 Å². The van der Waals surface area contributed by atoms with Gasteiger partial charge in [0.2, 0.25) is 0 Å². The van der Waals surface area contributed by atoms with E-state index in [9.17, 15) is 9.59 Å². The molecule has 1 fully saturated rings. The molecule has 0 aromatic rings. The molecule has 104 valence electrons. The lowest BCUT2D eigenvalue weighted by Gasteiger charge is -2.50. The highest BCUT2D eigenvalue weighted by Crippen LogP contribution is 2.27. The van der Waals surface area contributed by atoms with Crippen LogP contribution >= 0.6 is 0 Å². The molecule has 0 saturated carbocycles. The van der Waals surface area contributed by atoms with E-state index < -0.39 is 17.4 Å². The number of nitrogens with zero attached hydrogens (tertiary/aromatic N) is 1. The zero-order valence-corrected chi connectivity index (χ0v) is 11.2. The predicted octanol–water partition coefficient (Wildman–Crippen LogP) is 0.810. The molecule has 0 unspecified atom stereocenters. The Morgan fingerprint density at radius 2 is 1.94 bits per heavy atom. The third-order valence-corrected chi connectivity index (χ3v) is 2.34. The van der Waals surface area contributed by atoms with Crippen LogP contribution in [-0.2, 0) is 4.74 Å². The van der Waals surface area contributed by atoms with Gasteiger partial charge in [-0.1, -0.05) is 0 Å². The van der Waals surface area contributed by atoms with E-state index in [1.54, 1.807) is 6.92 Å². The Morgan fingerprint density at radius 1 is 1.39 bits per heavy atom. The van der Waals surface area contributed by atoms with E-state index in [4.69, 9.17) is 9.84 Å². The number of carboxylic acid groups (broad SMARTS) is 1. The molecule has 1 rings (SSSR count). The van der Waals surface area contributed by atoms with E-state index in [2.05, 4.69) is 10.6 Å². The van der Waals surface area contributed by atoms with Gasteiger partial charge in [-0.3, -0.25) is 4.90 Å². The van der Waals surface area contributed by atoms with E-state index in [0.717, 1.165) is 0 Å². The summed E-state index contributed by atoms with van der Waals surface area (Å²) in [5.74, 6) is 0. The fourth-order valence-corrected chi connectivity index (χ4v) is 1.87. The first kappa shape index (κ1) is 14.6. The number of rotatable bonds is 3. The highest BCUT2D eigenvalue weighted by molar-refractivity contribution is 5.75. The molecule has 1 heterocycles. The number of nitrogens with one attached hydrogen (secondary N) is 2. The standard InChI is InChI=1S/C11H21N3O4/c1-5-12-8(15)13-11(18-10(2,3)4)6-14(7-11)9(16)17/h5-7H2,1-4H3,(H,16,17)(H2,12,13,15). The number of carbonyl (C=O) groups excluding carboxylic acids is 1. The second-order valence-corrected chi connectivity index (χ2v) is 5.33. The average molecular weight is 259 g/mol. The van der Waals surface area contributed by atoms with Gasteiger partial charge in [0.05, 0.1) is 18.7 Å². The van der Waals surface area contributed by atoms with Crippen LogP contribution < -0.4 is 10.6 Å². The van der Waals surface area contributed by atoms with Crippen LogP contribution in [-0.4, -0.2) is 53.1 Å². The maximum Gasteiger partial charge on any atom is 0.407 e. The zero-order chi connectivity index (χ0) is 14.0. The quantitative estimate of drug-likeness (QED) is 0.654. The smallest absolute Gasteiger partial charge is 0.407 e. The van der Waals surface area contributed by atoms with Crippen molar-refractivity contribution >= 4 is 12.1 Å². The van der Waals surface area contributed by atoms with Gasteiger partial charge >= 0.3 is 12.1 Å². The molecule has 0 spiro atoms. The van der Waals surface area contributed by atoms with Crippen molar-refractivity contribution < 1.29 is 19.4 Å². The van der Waals surface area contributed by atoms with Gasteiger partial charge in [0, 0.05) is 6.54 Å². The molecular formula is C11H21N3O4. The van der Waals surface area contributed by atoms with Gasteiger partial charge in [-0.25, -0.2) is 9.59 Å². The monoisotopic (exact) mass is 259 g/mol. The zero-order valence-electron chi connectivity index (χ0n) is 11.2. The Hall–Kier alpha value is -1.50. The largest absolute Gasteiger partial charge is 0.465 e. The molecule has 18 heavy (non-hydrogen) atoms. The Labute approximate surface area is 106 Å². The highest BCUT2D eigenvalue weighted by Gasteiger charge is 2.49. The minimum atomic E-state index is -1.01. The van der Waals surface area contributed by atoms with E-state index in [1.807, 2.05) is 20.8 Å². The molecule has 0 aromatic carbocycles. The third kappa shape index (κ3) is 3.76. The minimum absolute atomic E-state index is 0.136. The van der Waals surface area contributed by atoms with Gasteiger partial charge in [0.25, 0.3) is 0 Å². The van der Waals surface area contributed by atoms with Crippen LogP contribution in [0.15, 0.2) is 0 Å². The van der Waals surface area contributed by atoms with Crippen LogP contribution in [0.5, 0.6) is 0 Å². The van der Waals surface area contributed by atoms with E-state index in [1.165, 1.54) is 4.90 Å². The van der Waals surface area contributed by atoms with Crippen LogP contribution in [0.4, 0.5) is 9.59 Å². The second kappa shape index (κ2) is 5.01. The Bertz CT molecular complexity index is 332. The first-order valence-electron chi connectivity index (χ1n) is 5.91. The Balaban J connectivity index is 2.66. The number of carbonyl (C=O) groups is 2. The van der Waals surface area contributed by atoms with Gasteiger partial charge in [-0.2, -0.15) is 0 Å². The van der Waals surface area contributed by atoms with Gasteiger partial charge in [0.1, 0.15) is 0 Å². The second-order valence-electron chi connectivity index (χ2n) is 5.33. The molecule has 1 aliphatic rings. The summed E-state index contributed by atoms with van der Waals surface area (Å²) in [6.07, 6.45) is -1.01. The maximum atomic E-state index is 11.5. The molecule has 3 N–H and O–H groups in total. The maximum absolute atomic E-state index is 11.5.